The van der Waals surface area contributed by atoms with E-state index in [1.807, 2.05) is 55.5 Å². The molecule has 0 bridgehead atoms. The first kappa shape index (κ1) is 21.2. The van der Waals surface area contributed by atoms with E-state index in [0.717, 1.165) is 35.4 Å². The summed E-state index contributed by atoms with van der Waals surface area (Å²) in [6, 6.07) is 19.9. The zero-order valence-electron chi connectivity index (χ0n) is 18.2. The SMILES string of the molecule is Cc1cc(CNC(=O)c2cnc(Oc3ccc4c(c3)CCC(c3ccccc3)O4)s2)ccn1. The van der Waals surface area contributed by atoms with Gasteiger partial charge in [-0.1, -0.05) is 41.7 Å². The molecule has 33 heavy (non-hydrogen) atoms. The highest BCUT2D eigenvalue weighted by Gasteiger charge is 2.22. The van der Waals surface area contributed by atoms with Crippen molar-refractivity contribution in [2.24, 2.45) is 0 Å². The van der Waals surface area contributed by atoms with Gasteiger partial charge in [-0.2, -0.15) is 0 Å². The summed E-state index contributed by atoms with van der Waals surface area (Å²) in [5.41, 5.74) is 4.22. The minimum Gasteiger partial charge on any atom is -0.485 e. The van der Waals surface area contributed by atoms with Crippen molar-refractivity contribution in [1.29, 1.82) is 0 Å². The number of amides is 1. The molecule has 1 amide bonds. The molecule has 7 heteroatoms. The van der Waals surface area contributed by atoms with E-state index in [9.17, 15) is 4.79 Å². The Hall–Kier alpha value is -3.71. The molecule has 3 heterocycles. The molecule has 0 radical (unpaired) electrons. The largest absolute Gasteiger partial charge is 0.485 e. The molecule has 0 aliphatic carbocycles. The number of hydrogen-bond acceptors (Lipinski definition) is 6. The topological polar surface area (TPSA) is 73.3 Å². The van der Waals surface area contributed by atoms with Gasteiger partial charge in [0.05, 0.1) is 6.20 Å². The van der Waals surface area contributed by atoms with Crippen LogP contribution in [-0.4, -0.2) is 15.9 Å². The Morgan fingerprint density at radius 2 is 2.03 bits per heavy atom. The molecule has 0 fully saturated rings. The van der Waals surface area contributed by atoms with Crippen LogP contribution in [0.25, 0.3) is 0 Å². The summed E-state index contributed by atoms with van der Waals surface area (Å²) in [7, 11) is 0. The van der Waals surface area contributed by atoms with Crippen LogP contribution in [0.2, 0.25) is 0 Å². The molecule has 1 atom stereocenters. The van der Waals surface area contributed by atoms with Gasteiger partial charge in [-0.15, -0.1) is 0 Å². The smallest absolute Gasteiger partial charge is 0.279 e. The van der Waals surface area contributed by atoms with Crippen LogP contribution >= 0.6 is 11.3 Å². The maximum atomic E-state index is 12.5. The summed E-state index contributed by atoms with van der Waals surface area (Å²) in [5, 5.41) is 3.34. The van der Waals surface area contributed by atoms with Crippen LogP contribution in [0.4, 0.5) is 0 Å². The molecule has 4 aromatic rings. The Bertz CT molecular complexity index is 1270. The lowest BCUT2D eigenvalue weighted by Gasteiger charge is -2.26. The third-order valence-corrected chi connectivity index (χ3v) is 6.35. The number of pyridine rings is 1. The number of ether oxygens (including phenoxy) is 2. The average Bonchev–Trinajstić information content (AvgIpc) is 3.31. The van der Waals surface area contributed by atoms with Crippen molar-refractivity contribution in [2.45, 2.75) is 32.4 Å². The highest BCUT2D eigenvalue weighted by atomic mass is 32.1. The van der Waals surface area contributed by atoms with Crippen molar-refractivity contribution in [3.63, 3.8) is 0 Å². The summed E-state index contributed by atoms with van der Waals surface area (Å²) < 4.78 is 12.1. The van der Waals surface area contributed by atoms with Crippen LogP contribution in [0.1, 0.15) is 44.6 Å². The Morgan fingerprint density at radius 3 is 2.88 bits per heavy atom. The second kappa shape index (κ2) is 9.42. The lowest BCUT2D eigenvalue weighted by molar-refractivity contribution is 0.0954. The lowest BCUT2D eigenvalue weighted by Crippen LogP contribution is -2.21. The van der Waals surface area contributed by atoms with E-state index in [4.69, 9.17) is 9.47 Å². The molecular formula is C26H23N3O3S. The van der Waals surface area contributed by atoms with Gasteiger partial charge in [-0.25, -0.2) is 4.98 Å². The fraction of sp³-hybridized carbons (Fsp3) is 0.192. The number of benzene rings is 2. The van der Waals surface area contributed by atoms with Gasteiger partial charge in [0, 0.05) is 18.4 Å². The number of nitrogens with one attached hydrogen (secondary N) is 1. The zero-order chi connectivity index (χ0) is 22.6. The zero-order valence-corrected chi connectivity index (χ0v) is 19.0. The number of fused-ring (bicyclic) bond motifs is 1. The molecule has 0 saturated heterocycles. The molecule has 166 valence electrons. The monoisotopic (exact) mass is 457 g/mol. The van der Waals surface area contributed by atoms with E-state index in [0.29, 0.717) is 22.4 Å². The molecule has 0 saturated carbocycles. The van der Waals surface area contributed by atoms with E-state index in [-0.39, 0.29) is 12.0 Å². The molecule has 2 aromatic carbocycles. The Kier molecular flexibility index (Phi) is 6.04. The van der Waals surface area contributed by atoms with Crippen molar-refractivity contribution in [1.82, 2.24) is 15.3 Å². The summed E-state index contributed by atoms with van der Waals surface area (Å²) in [4.78, 5) is 21.4. The summed E-state index contributed by atoms with van der Waals surface area (Å²) >= 11 is 1.22. The number of hydrogen-bond donors (Lipinski definition) is 1. The van der Waals surface area contributed by atoms with Gasteiger partial charge in [0.1, 0.15) is 22.5 Å². The molecule has 1 N–H and O–H groups in total. The van der Waals surface area contributed by atoms with Crippen LogP contribution in [0.5, 0.6) is 16.7 Å². The lowest BCUT2D eigenvalue weighted by atomic mass is 9.97. The van der Waals surface area contributed by atoms with Crippen molar-refractivity contribution in [3.8, 4) is 16.7 Å². The van der Waals surface area contributed by atoms with Crippen LogP contribution in [0, 0.1) is 6.92 Å². The fourth-order valence-corrected chi connectivity index (χ4v) is 4.53. The standard InChI is InChI=1S/C26H23N3O3S/c1-17-13-18(11-12-27-17)15-28-25(30)24-16-29-26(33-24)31-21-8-10-23-20(14-21)7-9-22(32-23)19-5-3-2-4-6-19/h2-6,8,10-14,16,22H,7,9,15H2,1H3,(H,28,30). The number of carbonyl (C=O) groups excluding carboxylic acids is 1. The molecule has 1 aliphatic rings. The number of aromatic nitrogens is 2. The second-order valence-corrected chi connectivity index (χ2v) is 8.90. The number of carbonyl (C=O) groups is 1. The third-order valence-electron chi connectivity index (χ3n) is 5.48. The molecule has 5 rings (SSSR count). The maximum absolute atomic E-state index is 12.5. The Morgan fingerprint density at radius 1 is 1.15 bits per heavy atom. The summed E-state index contributed by atoms with van der Waals surface area (Å²) in [6.45, 7) is 2.36. The van der Waals surface area contributed by atoms with Gasteiger partial charge in [0.2, 0.25) is 0 Å². The number of nitrogens with zero attached hydrogens (tertiary/aromatic N) is 2. The van der Waals surface area contributed by atoms with Crippen LogP contribution in [-0.2, 0) is 13.0 Å². The van der Waals surface area contributed by atoms with E-state index >= 15 is 0 Å². The molecular weight excluding hydrogens is 434 g/mol. The van der Waals surface area contributed by atoms with Gasteiger partial charge in [0.15, 0.2) is 0 Å². The number of aryl methyl sites for hydroxylation is 2. The van der Waals surface area contributed by atoms with Gasteiger partial charge >= 0.3 is 0 Å². The van der Waals surface area contributed by atoms with Crippen molar-refractivity contribution >= 4 is 17.2 Å². The van der Waals surface area contributed by atoms with E-state index in [1.54, 1.807) is 12.4 Å². The number of thiazole rings is 1. The van der Waals surface area contributed by atoms with Crippen molar-refractivity contribution in [2.75, 3.05) is 0 Å². The number of rotatable bonds is 6. The maximum Gasteiger partial charge on any atom is 0.279 e. The van der Waals surface area contributed by atoms with E-state index in [1.165, 1.54) is 16.9 Å². The predicted octanol–water partition coefficient (Wildman–Crippen LogP) is 5.64. The summed E-state index contributed by atoms with van der Waals surface area (Å²) in [6.07, 6.45) is 5.17. The Labute approximate surface area is 196 Å². The minimum absolute atomic E-state index is 0.0709. The van der Waals surface area contributed by atoms with Crippen molar-refractivity contribution < 1.29 is 14.3 Å². The summed E-state index contributed by atoms with van der Waals surface area (Å²) in [5.74, 6) is 1.39. The molecule has 1 aliphatic heterocycles. The van der Waals surface area contributed by atoms with Crippen LogP contribution < -0.4 is 14.8 Å². The van der Waals surface area contributed by atoms with Crippen molar-refractivity contribution in [3.05, 3.63) is 100 Å². The quantitative estimate of drug-likeness (QED) is 0.406. The van der Waals surface area contributed by atoms with Crippen LogP contribution in [0.3, 0.4) is 0 Å². The molecule has 6 nitrogen and oxygen atoms in total. The Balaban J connectivity index is 1.21. The van der Waals surface area contributed by atoms with E-state index < -0.39 is 0 Å². The predicted molar refractivity (Wildman–Crippen MR) is 127 cm³/mol. The average molecular weight is 458 g/mol. The fourth-order valence-electron chi connectivity index (χ4n) is 3.83. The van der Waals surface area contributed by atoms with Gasteiger partial charge in [0.25, 0.3) is 11.1 Å². The third kappa shape index (κ3) is 5.04. The minimum atomic E-state index is -0.178. The van der Waals surface area contributed by atoms with Gasteiger partial charge < -0.3 is 14.8 Å². The first-order valence-corrected chi connectivity index (χ1v) is 11.6. The first-order valence-electron chi connectivity index (χ1n) is 10.8. The highest BCUT2D eigenvalue weighted by molar-refractivity contribution is 7.15. The second-order valence-electron chi connectivity index (χ2n) is 7.91. The van der Waals surface area contributed by atoms with Crippen LogP contribution in [0.15, 0.2) is 73.1 Å². The normalized spacial score (nSPS) is 14.8. The highest BCUT2D eigenvalue weighted by Crippen LogP contribution is 2.38. The first-order chi connectivity index (χ1) is 16.1. The van der Waals surface area contributed by atoms with Gasteiger partial charge in [-0.05, 0) is 66.8 Å². The molecule has 1 unspecified atom stereocenters. The van der Waals surface area contributed by atoms with E-state index in [2.05, 4.69) is 27.4 Å². The molecule has 0 spiro atoms. The van der Waals surface area contributed by atoms with Gasteiger partial charge in [-0.3, -0.25) is 9.78 Å². The molecule has 2 aromatic heterocycles.